The molecule has 0 saturated carbocycles. The third-order valence-electron chi connectivity index (χ3n) is 4.52. The largest absolute Gasteiger partial charge is 0.329 e. The third kappa shape index (κ3) is 2.37. The first-order valence-corrected chi connectivity index (χ1v) is 9.80. The number of amides is 2. The molecular weight excluding hydrogens is 348 g/mol. The molecule has 0 N–H and O–H groups in total. The number of anilines is 2. The predicted molar refractivity (Wildman–Crippen MR) is 94.5 cm³/mol. The Morgan fingerprint density at radius 3 is 2.12 bits per heavy atom. The maximum absolute atomic E-state index is 13.1. The summed E-state index contributed by atoms with van der Waals surface area (Å²) in [6.45, 7) is 0. The van der Waals surface area contributed by atoms with Crippen molar-refractivity contribution in [2.75, 3.05) is 21.3 Å². The first-order valence-electron chi connectivity index (χ1n) is 7.60. The van der Waals surface area contributed by atoms with Crippen LogP contribution in [-0.2, 0) is 9.84 Å². The second-order valence-electron chi connectivity index (χ2n) is 6.02. The van der Waals surface area contributed by atoms with Crippen LogP contribution in [0.2, 0.25) is 5.02 Å². The van der Waals surface area contributed by atoms with Crippen LogP contribution < -0.4 is 9.80 Å². The van der Waals surface area contributed by atoms with E-state index in [-0.39, 0.29) is 17.5 Å². The Morgan fingerprint density at radius 2 is 1.46 bits per heavy atom. The van der Waals surface area contributed by atoms with E-state index in [0.717, 1.165) is 0 Å². The number of carbonyl (C=O) groups excluding carboxylic acids is 1. The third-order valence-corrected chi connectivity index (χ3v) is 6.53. The molecule has 2 aromatic rings. The summed E-state index contributed by atoms with van der Waals surface area (Å²) < 4.78 is 24.4. The van der Waals surface area contributed by atoms with Gasteiger partial charge in [-0.25, -0.2) is 13.2 Å². The van der Waals surface area contributed by atoms with E-state index in [9.17, 15) is 13.2 Å². The van der Waals surface area contributed by atoms with Gasteiger partial charge in [-0.15, -0.1) is 0 Å². The number of para-hydroxylation sites is 2. The number of benzene rings is 2. The molecule has 2 amide bonds. The summed E-state index contributed by atoms with van der Waals surface area (Å²) in [5.41, 5.74) is 1.25. The summed E-state index contributed by atoms with van der Waals surface area (Å²) in [4.78, 5) is 16.2. The van der Waals surface area contributed by atoms with Gasteiger partial charge in [0.1, 0.15) is 0 Å². The van der Waals surface area contributed by atoms with Crippen molar-refractivity contribution in [3.05, 3.63) is 59.6 Å². The number of fused-ring (bicyclic) bond motifs is 1. The lowest BCUT2D eigenvalue weighted by Gasteiger charge is -2.23. The molecule has 2 fully saturated rings. The van der Waals surface area contributed by atoms with Crippen molar-refractivity contribution in [3.8, 4) is 0 Å². The Labute approximate surface area is 145 Å². The van der Waals surface area contributed by atoms with Crippen molar-refractivity contribution in [1.82, 2.24) is 0 Å². The molecule has 24 heavy (non-hydrogen) atoms. The Kier molecular flexibility index (Phi) is 3.54. The van der Waals surface area contributed by atoms with Crippen molar-refractivity contribution >= 4 is 38.8 Å². The Balaban J connectivity index is 1.84. The van der Waals surface area contributed by atoms with Crippen LogP contribution in [0, 0.1) is 0 Å². The molecule has 0 unspecified atom stereocenters. The molecule has 0 radical (unpaired) electrons. The first-order chi connectivity index (χ1) is 11.5. The van der Waals surface area contributed by atoms with E-state index in [0.29, 0.717) is 16.4 Å². The fourth-order valence-corrected chi connectivity index (χ4v) is 5.67. The normalized spacial score (nSPS) is 25.1. The van der Waals surface area contributed by atoms with Crippen LogP contribution in [0.1, 0.15) is 0 Å². The highest BCUT2D eigenvalue weighted by atomic mass is 35.5. The number of sulfone groups is 1. The number of rotatable bonds is 2. The summed E-state index contributed by atoms with van der Waals surface area (Å²) in [7, 11) is -3.20. The van der Waals surface area contributed by atoms with Gasteiger partial charge >= 0.3 is 6.03 Å². The molecule has 5 nitrogen and oxygen atoms in total. The van der Waals surface area contributed by atoms with Crippen molar-refractivity contribution in [1.29, 1.82) is 0 Å². The van der Waals surface area contributed by atoms with E-state index < -0.39 is 21.9 Å². The van der Waals surface area contributed by atoms with Gasteiger partial charge in [-0.1, -0.05) is 41.9 Å². The number of halogens is 1. The summed E-state index contributed by atoms with van der Waals surface area (Å²) in [5, 5.41) is 0.434. The minimum absolute atomic E-state index is 0.0285. The van der Waals surface area contributed by atoms with E-state index in [4.69, 9.17) is 11.6 Å². The van der Waals surface area contributed by atoms with Crippen LogP contribution in [0.3, 0.4) is 0 Å². The molecule has 7 heteroatoms. The molecule has 2 aliphatic heterocycles. The predicted octanol–water partition coefficient (Wildman–Crippen LogP) is 2.95. The smallest absolute Gasteiger partial charge is 0.288 e. The maximum Gasteiger partial charge on any atom is 0.329 e. The van der Waals surface area contributed by atoms with Crippen molar-refractivity contribution in [2.24, 2.45) is 0 Å². The van der Waals surface area contributed by atoms with Gasteiger partial charge in [-0.05, 0) is 24.3 Å². The summed E-state index contributed by atoms with van der Waals surface area (Å²) in [6, 6.07) is 15.1. The minimum atomic E-state index is -3.20. The molecule has 2 aromatic carbocycles. The van der Waals surface area contributed by atoms with Gasteiger partial charge in [0, 0.05) is 5.69 Å². The Morgan fingerprint density at radius 1 is 0.875 bits per heavy atom. The van der Waals surface area contributed by atoms with Gasteiger partial charge in [-0.2, -0.15) is 0 Å². The SMILES string of the molecule is O=C1N(c2ccccc2)[C@@H]2CS(=O)(=O)C[C@@H]2N1c1ccccc1Cl. The van der Waals surface area contributed by atoms with E-state index in [1.165, 1.54) is 4.90 Å². The van der Waals surface area contributed by atoms with Gasteiger partial charge in [0.25, 0.3) is 0 Å². The van der Waals surface area contributed by atoms with Gasteiger partial charge in [0.2, 0.25) is 0 Å². The fourth-order valence-electron chi connectivity index (χ4n) is 3.52. The summed E-state index contributed by atoms with van der Waals surface area (Å²) in [6.07, 6.45) is 0. The zero-order chi connectivity index (χ0) is 16.9. The van der Waals surface area contributed by atoms with Gasteiger partial charge < -0.3 is 0 Å². The average Bonchev–Trinajstić information content (AvgIpc) is 2.98. The average molecular weight is 363 g/mol. The van der Waals surface area contributed by atoms with Crippen LogP contribution in [-0.4, -0.2) is 38.0 Å². The molecule has 2 atom stereocenters. The molecule has 0 aromatic heterocycles. The zero-order valence-corrected chi connectivity index (χ0v) is 14.2. The van der Waals surface area contributed by atoms with Crippen LogP contribution >= 0.6 is 11.6 Å². The Bertz CT molecular complexity index is 901. The van der Waals surface area contributed by atoms with Gasteiger partial charge in [-0.3, -0.25) is 9.80 Å². The molecule has 0 spiro atoms. The van der Waals surface area contributed by atoms with Crippen LogP contribution in [0.5, 0.6) is 0 Å². The van der Waals surface area contributed by atoms with E-state index in [1.54, 1.807) is 29.2 Å². The maximum atomic E-state index is 13.1. The van der Waals surface area contributed by atoms with Gasteiger partial charge in [0.15, 0.2) is 9.84 Å². The highest BCUT2D eigenvalue weighted by molar-refractivity contribution is 7.91. The summed E-state index contributed by atoms with van der Waals surface area (Å²) >= 11 is 6.26. The van der Waals surface area contributed by atoms with E-state index >= 15 is 0 Å². The van der Waals surface area contributed by atoms with Crippen molar-refractivity contribution < 1.29 is 13.2 Å². The molecule has 124 valence electrons. The topological polar surface area (TPSA) is 57.7 Å². The summed E-state index contributed by atoms with van der Waals surface area (Å²) in [5.74, 6) is -0.0722. The molecule has 0 aliphatic carbocycles. The molecule has 0 bridgehead atoms. The van der Waals surface area contributed by atoms with Crippen LogP contribution in [0.15, 0.2) is 54.6 Å². The minimum Gasteiger partial charge on any atom is -0.288 e. The highest BCUT2D eigenvalue weighted by Crippen LogP contribution is 2.39. The van der Waals surface area contributed by atoms with E-state index in [1.807, 2.05) is 30.3 Å². The lowest BCUT2D eigenvalue weighted by atomic mass is 10.1. The molecule has 2 heterocycles. The second-order valence-corrected chi connectivity index (χ2v) is 8.58. The van der Waals surface area contributed by atoms with E-state index in [2.05, 4.69) is 0 Å². The molecule has 4 rings (SSSR count). The first kappa shape index (κ1) is 15.5. The fraction of sp³-hybridized carbons (Fsp3) is 0.235. The highest BCUT2D eigenvalue weighted by Gasteiger charge is 2.54. The van der Waals surface area contributed by atoms with Crippen LogP contribution in [0.25, 0.3) is 0 Å². The lowest BCUT2D eigenvalue weighted by Crippen LogP contribution is -2.38. The number of hydrogen-bond acceptors (Lipinski definition) is 3. The van der Waals surface area contributed by atoms with Crippen molar-refractivity contribution in [3.63, 3.8) is 0 Å². The standard InChI is InChI=1S/C17H15ClN2O3S/c18-13-8-4-5-9-14(13)20-16-11-24(22,23)10-15(16)19(17(20)21)12-6-2-1-3-7-12/h1-9,15-16H,10-11H2/t15-,16+/m1/s1. The lowest BCUT2D eigenvalue weighted by molar-refractivity contribution is 0.255. The van der Waals surface area contributed by atoms with Crippen LogP contribution in [0.4, 0.5) is 16.2 Å². The van der Waals surface area contributed by atoms with Crippen molar-refractivity contribution in [2.45, 2.75) is 12.1 Å². The molecule has 2 aliphatic rings. The number of urea groups is 1. The number of hydrogen-bond donors (Lipinski definition) is 0. The zero-order valence-electron chi connectivity index (χ0n) is 12.7. The second kappa shape index (κ2) is 5.50. The quantitative estimate of drug-likeness (QED) is 0.772. The monoisotopic (exact) mass is 362 g/mol. The van der Waals surface area contributed by atoms with Gasteiger partial charge in [0.05, 0.1) is 34.3 Å². The molecular formula is C17H15ClN2O3S. The number of nitrogens with zero attached hydrogens (tertiary/aromatic N) is 2. The Hall–Kier alpha value is -2.05. The molecule has 2 saturated heterocycles. The number of carbonyl (C=O) groups is 1.